The molecular formula is C29H39N3O6S. The Morgan fingerprint density at radius 2 is 1.72 bits per heavy atom. The van der Waals surface area contributed by atoms with E-state index in [1.165, 1.54) is 15.3 Å². The van der Waals surface area contributed by atoms with Gasteiger partial charge in [0.25, 0.3) is 5.91 Å². The normalized spacial score (nSPS) is 21.9. The quantitative estimate of drug-likeness (QED) is 0.561. The van der Waals surface area contributed by atoms with E-state index in [-0.39, 0.29) is 47.4 Å². The van der Waals surface area contributed by atoms with Crippen LogP contribution in [0.4, 0.5) is 0 Å². The highest BCUT2D eigenvalue weighted by Gasteiger charge is 2.39. The Bertz CT molecular complexity index is 1310. The van der Waals surface area contributed by atoms with Crippen LogP contribution in [0.3, 0.4) is 0 Å². The molecule has 212 valence electrons. The lowest BCUT2D eigenvalue weighted by Crippen LogP contribution is -2.50. The van der Waals surface area contributed by atoms with Crippen molar-refractivity contribution in [3.05, 3.63) is 48.0 Å². The molecule has 10 heteroatoms. The number of fused-ring (bicyclic) bond motifs is 1. The second-order valence-corrected chi connectivity index (χ2v) is 12.9. The van der Waals surface area contributed by atoms with Crippen LogP contribution in [0.15, 0.2) is 47.4 Å². The lowest BCUT2D eigenvalue weighted by atomic mass is 9.84. The van der Waals surface area contributed by atoms with Crippen molar-refractivity contribution in [2.24, 2.45) is 11.8 Å². The van der Waals surface area contributed by atoms with Crippen LogP contribution in [0.1, 0.15) is 43.5 Å². The Hall–Kier alpha value is -2.95. The second kappa shape index (κ2) is 11.7. The molecule has 1 N–H and O–H groups in total. The summed E-state index contributed by atoms with van der Waals surface area (Å²) >= 11 is 0. The SMILES string of the molecule is C[C@@H]1CN([C@@H](C)CO)S(=O)(=O)c2ccc(-c3ccc(C(=O)N(C)C)cc3)cc2O[C@@H]1CN(C)C(=O)C1CCC1. The molecule has 2 aromatic carbocycles. The maximum absolute atomic E-state index is 13.8. The standard InChI is InChI=1S/C29H39N3O6S/c1-19-16-32(20(2)18-33)39(36,37)27-14-13-24(21-9-11-23(12-10-21)28(34)30(3)4)15-25(27)38-26(19)17-31(5)29(35)22-7-6-8-22/h9-15,19-20,22,26,33H,6-8,16-18H2,1-5H3/t19-,20+,26-/m1/s1. The molecule has 2 aromatic rings. The number of aliphatic hydroxyl groups excluding tert-OH is 1. The van der Waals surface area contributed by atoms with Crippen molar-refractivity contribution in [1.82, 2.24) is 14.1 Å². The van der Waals surface area contributed by atoms with Gasteiger partial charge < -0.3 is 19.6 Å². The van der Waals surface area contributed by atoms with Crippen molar-refractivity contribution in [2.75, 3.05) is 40.8 Å². The maximum atomic E-state index is 13.8. The zero-order valence-electron chi connectivity index (χ0n) is 23.3. The minimum absolute atomic E-state index is 0.0239. The van der Waals surface area contributed by atoms with E-state index >= 15 is 0 Å². The summed E-state index contributed by atoms with van der Waals surface area (Å²) in [7, 11) is 1.19. The van der Waals surface area contributed by atoms with Crippen molar-refractivity contribution in [3.8, 4) is 16.9 Å². The number of rotatable bonds is 7. The second-order valence-electron chi connectivity index (χ2n) is 11.0. The molecule has 1 heterocycles. The zero-order valence-corrected chi connectivity index (χ0v) is 24.1. The molecule has 4 rings (SSSR count). The molecule has 0 aromatic heterocycles. The van der Waals surface area contributed by atoms with E-state index in [1.54, 1.807) is 57.2 Å². The van der Waals surface area contributed by atoms with Crippen molar-refractivity contribution in [3.63, 3.8) is 0 Å². The number of carbonyl (C=O) groups is 2. The van der Waals surface area contributed by atoms with E-state index in [0.29, 0.717) is 12.1 Å². The molecule has 1 aliphatic carbocycles. The molecule has 0 radical (unpaired) electrons. The molecule has 39 heavy (non-hydrogen) atoms. The van der Waals surface area contributed by atoms with E-state index in [0.717, 1.165) is 30.4 Å². The van der Waals surface area contributed by atoms with Crippen molar-refractivity contribution in [1.29, 1.82) is 0 Å². The molecule has 1 saturated carbocycles. The summed E-state index contributed by atoms with van der Waals surface area (Å²) in [6.07, 6.45) is 2.40. The van der Waals surface area contributed by atoms with E-state index in [1.807, 2.05) is 19.1 Å². The first kappa shape index (κ1) is 29.0. The van der Waals surface area contributed by atoms with Crippen LogP contribution in [-0.4, -0.2) is 92.4 Å². The fourth-order valence-corrected chi connectivity index (χ4v) is 6.84. The van der Waals surface area contributed by atoms with Gasteiger partial charge in [0, 0.05) is 51.1 Å². The highest BCUT2D eigenvalue weighted by Crippen LogP contribution is 2.37. The van der Waals surface area contributed by atoms with E-state index in [9.17, 15) is 23.1 Å². The average Bonchev–Trinajstić information content (AvgIpc) is 2.88. The van der Waals surface area contributed by atoms with Crippen LogP contribution in [0, 0.1) is 11.8 Å². The smallest absolute Gasteiger partial charge is 0.253 e. The number of aliphatic hydroxyl groups is 1. The van der Waals surface area contributed by atoms with Crippen LogP contribution < -0.4 is 4.74 Å². The zero-order chi connectivity index (χ0) is 28.5. The Labute approximate surface area is 231 Å². The lowest BCUT2D eigenvalue weighted by molar-refractivity contribution is -0.138. The number of carbonyl (C=O) groups excluding carboxylic acids is 2. The summed E-state index contributed by atoms with van der Waals surface area (Å²) in [6, 6.07) is 11.5. The monoisotopic (exact) mass is 557 g/mol. The predicted molar refractivity (Wildman–Crippen MR) is 149 cm³/mol. The Morgan fingerprint density at radius 1 is 1.08 bits per heavy atom. The number of hydrogen-bond donors (Lipinski definition) is 1. The number of sulfonamides is 1. The summed E-state index contributed by atoms with van der Waals surface area (Å²) < 4.78 is 35.3. The van der Waals surface area contributed by atoms with Gasteiger partial charge in [-0.15, -0.1) is 0 Å². The highest BCUT2D eigenvalue weighted by molar-refractivity contribution is 7.89. The first-order valence-corrected chi connectivity index (χ1v) is 14.9. The number of benzene rings is 2. The van der Waals surface area contributed by atoms with Gasteiger partial charge in [-0.2, -0.15) is 4.31 Å². The van der Waals surface area contributed by atoms with E-state index in [4.69, 9.17) is 4.74 Å². The van der Waals surface area contributed by atoms with Gasteiger partial charge in [-0.05, 0) is 55.2 Å². The van der Waals surface area contributed by atoms with Gasteiger partial charge in [0.05, 0.1) is 13.2 Å². The highest BCUT2D eigenvalue weighted by atomic mass is 32.2. The molecule has 9 nitrogen and oxygen atoms in total. The van der Waals surface area contributed by atoms with Crippen LogP contribution in [0.25, 0.3) is 11.1 Å². The van der Waals surface area contributed by atoms with Crippen molar-refractivity contribution < 1.29 is 27.9 Å². The number of ether oxygens (including phenoxy) is 1. The fourth-order valence-electron chi connectivity index (χ4n) is 5.01. The van der Waals surface area contributed by atoms with Crippen LogP contribution in [-0.2, 0) is 14.8 Å². The molecule has 0 unspecified atom stereocenters. The fraction of sp³-hybridized carbons (Fsp3) is 0.517. The van der Waals surface area contributed by atoms with Crippen molar-refractivity contribution in [2.45, 2.75) is 50.2 Å². The maximum Gasteiger partial charge on any atom is 0.253 e. The number of amides is 2. The summed E-state index contributed by atoms with van der Waals surface area (Å²) in [5.41, 5.74) is 2.09. The summed E-state index contributed by atoms with van der Waals surface area (Å²) in [4.78, 5) is 28.4. The van der Waals surface area contributed by atoms with Crippen LogP contribution in [0.2, 0.25) is 0 Å². The Kier molecular flexibility index (Phi) is 8.68. The summed E-state index contributed by atoms with van der Waals surface area (Å²) in [6.45, 7) is 3.75. The number of hydrogen-bond acceptors (Lipinski definition) is 6. The molecule has 0 saturated heterocycles. The van der Waals surface area contributed by atoms with Gasteiger partial charge in [-0.25, -0.2) is 8.42 Å². The van der Waals surface area contributed by atoms with Crippen molar-refractivity contribution >= 4 is 21.8 Å². The Morgan fingerprint density at radius 3 is 2.28 bits per heavy atom. The van der Waals surface area contributed by atoms with Crippen LogP contribution >= 0.6 is 0 Å². The molecule has 1 aliphatic heterocycles. The number of likely N-dealkylation sites (N-methyl/N-ethyl adjacent to an activating group) is 1. The summed E-state index contributed by atoms with van der Waals surface area (Å²) in [5, 5.41) is 9.87. The average molecular weight is 558 g/mol. The van der Waals surface area contributed by atoms with E-state index in [2.05, 4.69) is 0 Å². The minimum Gasteiger partial charge on any atom is -0.487 e. The molecule has 2 amide bonds. The first-order valence-electron chi connectivity index (χ1n) is 13.4. The van der Waals surface area contributed by atoms with Gasteiger partial charge in [0.15, 0.2) is 0 Å². The van der Waals surface area contributed by atoms with E-state index < -0.39 is 22.2 Å². The molecule has 2 aliphatic rings. The minimum atomic E-state index is -3.97. The molecular weight excluding hydrogens is 518 g/mol. The third-order valence-electron chi connectivity index (χ3n) is 7.82. The van der Waals surface area contributed by atoms with Gasteiger partial charge in [-0.3, -0.25) is 9.59 Å². The lowest BCUT2D eigenvalue weighted by Gasteiger charge is -2.38. The van der Waals surface area contributed by atoms with Gasteiger partial charge >= 0.3 is 0 Å². The largest absolute Gasteiger partial charge is 0.487 e. The van der Waals surface area contributed by atoms with Crippen LogP contribution in [0.5, 0.6) is 5.75 Å². The van der Waals surface area contributed by atoms with Gasteiger partial charge in [0.2, 0.25) is 15.9 Å². The number of nitrogens with zero attached hydrogens (tertiary/aromatic N) is 3. The predicted octanol–water partition coefficient (Wildman–Crippen LogP) is 3.08. The molecule has 1 fully saturated rings. The third kappa shape index (κ3) is 5.97. The third-order valence-corrected chi connectivity index (χ3v) is 9.84. The molecule has 0 bridgehead atoms. The Balaban J connectivity index is 1.72. The molecule has 0 spiro atoms. The first-order chi connectivity index (χ1) is 18.4. The summed E-state index contributed by atoms with van der Waals surface area (Å²) in [5.74, 6) is -0.0136. The topological polar surface area (TPSA) is 107 Å². The van der Waals surface area contributed by atoms with Gasteiger partial charge in [0.1, 0.15) is 16.7 Å². The molecule has 3 atom stereocenters. The van der Waals surface area contributed by atoms with Gasteiger partial charge in [-0.1, -0.05) is 31.5 Å².